The Labute approximate surface area is 113 Å². The molecule has 0 aromatic heterocycles. The zero-order valence-electron chi connectivity index (χ0n) is 9.96. The smallest absolute Gasteiger partial charge is 0.508 e. The fourth-order valence-electron chi connectivity index (χ4n) is 1.70. The highest BCUT2D eigenvalue weighted by molar-refractivity contribution is 7.46. The van der Waals surface area contributed by atoms with E-state index in [1.54, 1.807) is 0 Å². The summed E-state index contributed by atoms with van der Waals surface area (Å²) in [6, 6.07) is 7.50. The Bertz CT molecular complexity index is 675. The monoisotopic (exact) mass is 298 g/mol. The van der Waals surface area contributed by atoms with Crippen molar-refractivity contribution in [2.45, 2.75) is 0 Å². The number of aromatic hydroxyl groups is 3. The summed E-state index contributed by atoms with van der Waals surface area (Å²) in [5.74, 6) is -1.21. The van der Waals surface area contributed by atoms with Gasteiger partial charge in [-0.15, -0.1) is 0 Å². The summed E-state index contributed by atoms with van der Waals surface area (Å²) in [6.07, 6.45) is 0. The standard InChI is InChI=1S/C12H11O7P/c13-8-3-1-7(2-4-8)12-10(15)5-9(14)6-11(12)19-20(16,17)18/h1-6,13-15H,(H2,16,17,18). The van der Waals surface area contributed by atoms with E-state index >= 15 is 0 Å². The summed E-state index contributed by atoms with van der Waals surface area (Å²) >= 11 is 0. The molecule has 0 atom stereocenters. The highest BCUT2D eigenvalue weighted by Crippen LogP contribution is 2.47. The predicted molar refractivity (Wildman–Crippen MR) is 69.5 cm³/mol. The summed E-state index contributed by atoms with van der Waals surface area (Å²) in [7, 11) is -4.86. The second-order valence-corrected chi connectivity index (χ2v) is 5.13. The fraction of sp³-hybridized carbons (Fsp3) is 0. The first-order chi connectivity index (χ1) is 9.26. The normalized spacial score (nSPS) is 11.3. The van der Waals surface area contributed by atoms with Crippen LogP contribution in [-0.4, -0.2) is 25.1 Å². The van der Waals surface area contributed by atoms with Crippen molar-refractivity contribution in [1.82, 2.24) is 0 Å². The van der Waals surface area contributed by atoms with Gasteiger partial charge in [-0.05, 0) is 17.7 Å². The number of benzene rings is 2. The quantitative estimate of drug-likeness (QED) is 0.548. The molecule has 5 N–H and O–H groups in total. The molecule has 7 nitrogen and oxygen atoms in total. The van der Waals surface area contributed by atoms with Crippen molar-refractivity contribution in [2.75, 3.05) is 0 Å². The molecule has 20 heavy (non-hydrogen) atoms. The highest BCUT2D eigenvalue weighted by atomic mass is 31.2. The van der Waals surface area contributed by atoms with Gasteiger partial charge in [0.15, 0.2) is 0 Å². The van der Waals surface area contributed by atoms with Crippen LogP contribution in [0.1, 0.15) is 0 Å². The maximum Gasteiger partial charge on any atom is 0.524 e. The van der Waals surface area contributed by atoms with E-state index in [1.807, 2.05) is 0 Å². The summed E-state index contributed by atoms with van der Waals surface area (Å²) < 4.78 is 15.4. The lowest BCUT2D eigenvalue weighted by Crippen LogP contribution is -1.93. The summed E-state index contributed by atoms with van der Waals surface area (Å²) in [4.78, 5) is 17.7. The lowest BCUT2D eigenvalue weighted by Gasteiger charge is -2.14. The Kier molecular flexibility index (Phi) is 3.59. The van der Waals surface area contributed by atoms with Crippen molar-refractivity contribution in [3.63, 3.8) is 0 Å². The van der Waals surface area contributed by atoms with Gasteiger partial charge in [-0.25, -0.2) is 4.57 Å². The van der Waals surface area contributed by atoms with Gasteiger partial charge in [-0.2, -0.15) is 0 Å². The Morgan fingerprint density at radius 2 is 1.50 bits per heavy atom. The largest absolute Gasteiger partial charge is 0.524 e. The minimum absolute atomic E-state index is 0.00822. The van der Waals surface area contributed by atoms with Crippen LogP contribution in [0, 0.1) is 0 Å². The number of phenolic OH excluding ortho intramolecular Hbond substituents is 3. The Morgan fingerprint density at radius 3 is 2.05 bits per heavy atom. The topological polar surface area (TPSA) is 127 Å². The number of phosphoric acid groups is 1. The molecular weight excluding hydrogens is 287 g/mol. The Hall–Kier alpha value is -2.21. The molecule has 0 radical (unpaired) electrons. The van der Waals surface area contributed by atoms with Crippen molar-refractivity contribution in [3.05, 3.63) is 36.4 Å². The molecule has 0 saturated carbocycles. The number of phosphoric ester groups is 1. The molecule has 2 aromatic rings. The van der Waals surface area contributed by atoms with E-state index in [1.165, 1.54) is 24.3 Å². The minimum Gasteiger partial charge on any atom is -0.508 e. The zero-order valence-corrected chi connectivity index (χ0v) is 10.9. The third-order valence-electron chi connectivity index (χ3n) is 2.44. The SMILES string of the molecule is O=P(O)(O)Oc1cc(O)cc(O)c1-c1ccc(O)cc1. The molecule has 0 aliphatic carbocycles. The summed E-state index contributed by atoms with van der Waals surface area (Å²) in [5.41, 5.74) is 0.342. The van der Waals surface area contributed by atoms with Gasteiger partial charge in [0, 0.05) is 12.1 Å². The average Bonchev–Trinajstić information content (AvgIpc) is 2.28. The third kappa shape index (κ3) is 3.21. The van der Waals surface area contributed by atoms with Crippen LogP contribution in [0.5, 0.6) is 23.0 Å². The molecule has 0 bridgehead atoms. The predicted octanol–water partition coefficient (Wildman–Crippen LogP) is 1.94. The van der Waals surface area contributed by atoms with Gasteiger partial charge in [0.1, 0.15) is 23.0 Å². The number of phenols is 3. The molecule has 0 amide bonds. The van der Waals surface area contributed by atoms with Crippen molar-refractivity contribution in [3.8, 4) is 34.1 Å². The fourth-order valence-corrected chi connectivity index (χ4v) is 2.11. The third-order valence-corrected chi connectivity index (χ3v) is 2.87. The number of hydrogen-bond acceptors (Lipinski definition) is 5. The summed E-state index contributed by atoms with van der Waals surface area (Å²) in [6.45, 7) is 0. The molecule has 0 unspecified atom stereocenters. The Balaban J connectivity index is 2.61. The van der Waals surface area contributed by atoms with Crippen LogP contribution in [-0.2, 0) is 4.57 Å². The average molecular weight is 298 g/mol. The van der Waals surface area contributed by atoms with Gasteiger partial charge in [0.05, 0.1) is 5.56 Å². The van der Waals surface area contributed by atoms with E-state index in [-0.39, 0.29) is 17.1 Å². The first kappa shape index (κ1) is 14.2. The van der Waals surface area contributed by atoms with Gasteiger partial charge in [-0.3, -0.25) is 9.79 Å². The van der Waals surface area contributed by atoms with Gasteiger partial charge in [0.2, 0.25) is 0 Å². The molecule has 0 saturated heterocycles. The maximum atomic E-state index is 10.9. The van der Waals surface area contributed by atoms with Crippen molar-refractivity contribution in [2.24, 2.45) is 0 Å². The first-order valence-corrected chi connectivity index (χ1v) is 6.90. The van der Waals surface area contributed by atoms with Crippen molar-refractivity contribution < 1.29 is 34.2 Å². The molecule has 0 fully saturated rings. The molecule has 8 heteroatoms. The lowest BCUT2D eigenvalue weighted by molar-refractivity contribution is 0.283. The van der Waals surface area contributed by atoms with E-state index in [9.17, 15) is 19.9 Å². The molecule has 2 aromatic carbocycles. The van der Waals surface area contributed by atoms with Crippen LogP contribution < -0.4 is 4.52 Å². The van der Waals surface area contributed by atoms with E-state index in [0.717, 1.165) is 12.1 Å². The molecule has 0 spiro atoms. The molecule has 2 rings (SSSR count). The first-order valence-electron chi connectivity index (χ1n) is 5.37. The number of rotatable bonds is 3. The lowest BCUT2D eigenvalue weighted by atomic mass is 10.0. The van der Waals surface area contributed by atoms with Crippen molar-refractivity contribution in [1.29, 1.82) is 0 Å². The van der Waals surface area contributed by atoms with Crippen LogP contribution in [0.2, 0.25) is 0 Å². The van der Waals surface area contributed by atoms with Crippen LogP contribution >= 0.6 is 7.82 Å². The van der Waals surface area contributed by atoms with Gasteiger partial charge in [-0.1, -0.05) is 12.1 Å². The molecule has 0 heterocycles. The molecule has 0 aliphatic heterocycles. The van der Waals surface area contributed by atoms with Crippen molar-refractivity contribution >= 4 is 7.82 Å². The molecule has 0 aliphatic rings. The van der Waals surface area contributed by atoms with Crippen LogP contribution in [0.3, 0.4) is 0 Å². The van der Waals surface area contributed by atoms with E-state index in [2.05, 4.69) is 4.52 Å². The van der Waals surface area contributed by atoms with Crippen LogP contribution in [0.15, 0.2) is 36.4 Å². The van der Waals surface area contributed by atoms with Gasteiger partial charge < -0.3 is 19.8 Å². The van der Waals surface area contributed by atoms with E-state index in [0.29, 0.717) is 5.56 Å². The summed E-state index contributed by atoms with van der Waals surface area (Å²) in [5, 5.41) is 28.4. The zero-order chi connectivity index (χ0) is 14.9. The molecule has 106 valence electrons. The van der Waals surface area contributed by atoms with Gasteiger partial charge >= 0.3 is 7.82 Å². The van der Waals surface area contributed by atoms with E-state index < -0.39 is 19.3 Å². The molecular formula is C12H11O7P. The van der Waals surface area contributed by atoms with Gasteiger partial charge in [0.25, 0.3) is 0 Å². The number of hydrogen-bond donors (Lipinski definition) is 5. The second kappa shape index (κ2) is 5.05. The minimum atomic E-state index is -4.86. The van der Waals surface area contributed by atoms with Crippen LogP contribution in [0.25, 0.3) is 11.1 Å². The highest BCUT2D eigenvalue weighted by Gasteiger charge is 2.22. The van der Waals surface area contributed by atoms with Crippen LogP contribution in [0.4, 0.5) is 0 Å². The van der Waals surface area contributed by atoms with E-state index in [4.69, 9.17) is 9.79 Å². The second-order valence-electron chi connectivity index (χ2n) is 3.97. The maximum absolute atomic E-state index is 10.9. The Morgan fingerprint density at radius 1 is 0.900 bits per heavy atom.